The fourth-order valence-electron chi connectivity index (χ4n) is 1.59. The summed E-state index contributed by atoms with van der Waals surface area (Å²) in [6.07, 6.45) is 1.80. The Hall–Kier alpha value is -2.09. The van der Waals surface area contributed by atoms with Crippen LogP contribution in [0.1, 0.15) is 12.8 Å². The number of carbonyl (C=O) groups is 1. The Morgan fingerprint density at radius 1 is 0.833 bits per heavy atom. The predicted molar refractivity (Wildman–Crippen MR) is 72.2 cm³/mol. The minimum absolute atomic E-state index is 0.0185. The van der Waals surface area contributed by atoms with Gasteiger partial charge in [-0.05, 0) is 24.0 Å². The molecule has 1 aliphatic carbocycles. The zero-order chi connectivity index (χ0) is 12.8. The van der Waals surface area contributed by atoms with Crippen LogP contribution in [-0.4, -0.2) is 11.1 Å². The molecule has 2 nitrogen and oxygen atoms in total. The Bertz CT molecular complexity index is 450. The van der Waals surface area contributed by atoms with E-state index < -0.39 is 5.97 Å². The van der Waals surface area contributed by atoms with Crippen molar-refractivity contribution in [3.05, 3.63) is 60.7 Å². The molecule has 0 aromatic heterocycles. The minimum atomic E-state index is -0.630. The summed E-state index contributed by atoms with van der Waals surface area (Å²) >= 11 is 0. The minimum Gasteiger partial charge on any atom is -0.481 e. The van der Waals surface area contributed by atoms with Gasteiger partial charge in [-0.15, -0.1) is 0 Å². The average molecular weight is 240 g/mol. The molecule has 2 heteroatoms. The van der Waals surface area contributed by atoms with Crippen molar-refractivity contribution in [3.8, 4) is 11.1 Å². The molecule has 0 aliphatic heterocycles. The van der Waals surface area contributed by atoms with Crippen LogP contribution in [0.15, 0.2) is 60.7 Å². The first-order valence-corrected chi connectivity index (χ1v) is 6.10. The molecule has 0 bridgehead atoms. The lowest BCUT2D eigenvalue weighted by atomic mass is 10.1. The van der Waals surface area contributed by atoms with E-state index in [-0.39, 0.29) is 5.92 Å². The largest absolute Gasteiger partial charge is 0.481 e. The van der Waals surface area contributed by atoms with Crippen LogP contribution in [0.5, 0.6) is 0 Å². The summed E-state index contributed by atoms with van der Waals surface area (Å²) in [4.78, 5) is 9.76. The van der Waals surface area contributed by atoms with Gasteiger partial charge in [0.2, 0.25) is 0 Å². The van der Waals surface area contributed by atoms with E-state index in [9.17, 15) is 4.79 Å². The van der Waals surface area contributed by atoms with Gasteiger partial charge in [0.05, 0.1) is 5.92 Å². The monoisotopic (exact) mass is 240 g/mol. The Morgan fingerprint density at radius 3 is 1.44 bits per heavy atom. The molecular formula is C16H16O2. The number of hydrogen-bond acceptors (Lipinski definition) is 1. The Balaban J connectivity index is 0.000000169. The predicted octanol–water partition coefficient (Wildman–Crippen LogP) is 3.83. The van der Waals surface area contributed by atoms with Gasteiger partial charge in [0, 0.05) is 0 Å². The maximum atomic E-state index is 9.76. The van der Waals surface area contributed by atoms with Crippen molar-refractivity contribution in [2.24, 2.45) is 5.92 Å². The number of hydrogen-bond donors (Lipinski definition) is 1. The summed E-state index contributed by atoms with van der Waals surface area (Å²) < 4.78 is 0. The highest BCUT2D eigenvalue weighted by molar-refractivity contribution is 5.72. The summed E-state index contributed by atoms with van der Waals surface area (Å²) in [5.41, 5.74) is 2.55. The maximum absolute atomic E-state index is 9.76. The highest BCUT2D eigenvalue weighted by Gasteiger charge is 2.28. The van der Waals surface area contributed by atoms with E-state index in [1.807, 2.05) is 12.1 Å². The average Bonchev–Trinajstić information content (AvgIpc) is 3.26. The zero-order valence-corrected chi connectivity index (χ0v) is 10.1. The van der Waals surface area contributed by atoms with Gasteiger partial charge in [-0.3, -0.25) is 4.79 Å². The van der Waals surface area contributed by atoms with E-state index >= 15 is 0 Å². The molecule has 1 aliphatic rings. The maximum Gasteiger partial charge on any atom is 0.306 e. The first-order chi connectivity index (χ1) is 8.77. The van der Waals surface area contributed by atoms with Crippen LogP contribution >= 0.6 is 0 Å². The van der Waals surface area contributed by atoms with Crippen LogP contribution in [-0.2, 0) is 4.79 Å². The molecular weight excluding hydrogens is 224 g/mol. The number of carboxylic acids is 1. The lowest BCUT2D eigenvalue weighted by Crippen LogP contribution is -1.94. The fourth-order valence-corrected chi connectivity index (χ4v) is 1.59. The Morgan fingerprint density at radius 2 is 1.22 bits per heavy atom. The van der Waals surface area contributed by atoms with Crippen molar-refractivity contribution < 1.29 is 9.90 Å². The number of rotatable bonds is 2. The van der Waals surface area contributed by atoms with Gasteiger partial charge in [-0.2, -0.15) is 0 Å². The normalized spacial score (nSPS) is 13.3. The van der Waals surface area contributed by atoms with E-state index in [1.165, 1.54) is 11.1 Å². The van der Waals surface area contributed by atoms with Crippen LogP contribution in [0.2, 0.25) is 0 Å². The summed E-state index contributed by atoms with van der Waals surface area (Å²) in [5.74, 6) is -0.611. The molecule has 0 unspecified atom stereocenters. The van der Waals surface area contributed by atoms with E-state index in [2.05, 4.69) is 48.5 Å². The molecule has 1 fully saturated rings. The third-order valence-corrected chi connectivity index (χ3v) is 2.81. The van der Waals surface area contributed by atoms with Crippen LogP contribution in [0, 0.1) is 5.92 Å². The van der Waals surface area contributed by atoms with Gasteiger partial charge in [-0.25, -0.2) is 0 Å². The second-order valence-corrected chi connectivity index (χ2v) is 4.34. The molecule has 18 heavy (non-hydrogen) atoms. The van der Waals surface area contributed by atoms with Crippen molar-refractivity contribution in [1.29, 1.82) is 0 Å². The first kappa shape index (κ1) is 12.4. The topological polar surface area (TPSA) is 37.3 Å². The van der Waals surface area contributed by atoms with Crippen LogP contribution < -0.4 is 0 Å². The third kappa shape index (κ3) is 3.74. The third-order valence-electron chi connectivity index (χ3n) is 2.81. The molecule has 0 spiro atoms. The van der Waals surface area contributed by atoms with E-state index in [1.54, 1.807) is 0 Å². The molecule has 0 radical (unpaired) electrons. The molecule has 2 aromatic rings. The Kier molecular flexibility index (Phi) is 4.13. The van der Waals surface area contributed by atoms with E-state index in [4.69, 9.17) is 5.11 Å². The number of benzene rings is 2. The van der Waals surface area contributed by atoms with Crippen molar-refractivity contribution in [2.45, 2.75) is 12.8 Å². The van der Waals surface area contributed by atoms with Gasteiger partial charge in [0.15, 0.2) is 0 Å². The molecule has 1 saturated carbocycles. The lowest BCUT2D eigenvalue weighted by Gasteiger charge is -1.98. The number of aliphatic carboxylic acids is 1. The summed E-state index contributed by atoms with van der Waals surface area (Å²) in [5, 5.41) is 8.05. The van der Waals surface area contributed by atoms with Crippen molar-refractivity contribution in [3.63, 3.8) is 0 Å². The van der Waals surface area contributed by atoms with Crippen LogP contribution in [0.4, 0.5) is 0 Å². The molecule has 0 amide bonds. The second-order valence-electron chi connectivity index (χ2n) is 4.34. The molecule has 3 rings (SSSR count). The zero-order valence-electron chi connectivity index (χ0n) is 10.1. The molecule has 2 aromatic carbocycles. The van der Waals surface area contributed by atoms with Gasteiger partial charge in [-0.1, -0.05) is 60.7 Å². The van der Waals surface area contributed by atoms with Gasteiger partial charge < -0.3 is 5.11 Å². The smallest absolute Gasteiger partial charge is 0.306 e. The van der Waals surface area contributed by atoms with Crippen LogP contribution in [0.3, 0.4) is 0 Å². The van der Waals surface area contributed by atoms with Gasteiger partial charge >= 0.3 is 5.97 Å². The highest BCUT2D eigenvalue weighted by Crippen LogP contribution is 2.28. The van der Waals surface area contributed by atoms with Gasteiger partial charge in [0.25, 0.3) is 0 Å². The van der Waals surface area contributed by atoms with Crippen molar-refractivity contribution >= 4 is 5.97 Å². The summed E-state index contributed by atoms with van der Waals surface area (Å²) in [6, 6.07) is 20.8. The lowest BCUT2D eigenvalue weighted by molar-refractivity contribution is -0.138. The van der Waals surface area contributed by atoms with E-state index in [0.29, 0.717) is 0 Å². The molecule has 92 valence electrons. The molecule has 0 saturated heterocycles. The van der Waals surface area contributed by atoms with Gasteiger partial charge in [0.1, 0.15) is 0 Å². The molecule has 0 heterocycles. The number of carboxylic acid groups (broad SMARTS) is 1. The standard InChI is InChI=1S/C12H10.C4H6O2/c1-3-7-11(8-4-1)12-9-5-2-6-10-12;5-4(6)3-1-2-3/h1-10H;3H,1-2H2,(H,5,6). The van der Waals surface area contributed by atoms with Crippen molar-refractivity contribution in [1.82, 2.24) is 0 Å². The summed E-state index contributed by atoms with van der Waals surface area (Å²) in [6.45, 7) is 0. The van der Waals surface area contributed by atoms with Crippen LogP contribution in [0.25, 0.3) is 11.1 Å². The van der Waals surface area contributed by atoms with Crippen molar-refractivity contribution in [2.75, 3.05) is 0 Å². The fraction of sp³-hybridized carbons (Fsp3) is 0.188. The SMILES string of the molecule is O=C(O)C1CC1.c1ccc(-c2ccccc2)cc1. The Labute approximate surface area is 107 Å². The summed E-state index contributed by atoms with van der Waals surface area (Å²) in [7, 11) is 0. The first-order valence-electron chi connectivity index (χ1n) is 6.10. The quantitative estimate of drug-likeness (QED) is 0.866. The second kappa shape index (κ2) is 6.01. The molecule has 0 atom stereocenters. The molecule has 1 N–H and O–H groups in total. The highest BCUT2D eigenvalue weighted by atomic mass is 16.4. The van der Waals surface area contributed by atoms with E-state index in [0.717, 1.165) is 12.8 Å².